The Morgan fingerprint density at radius 1 is 0.930 bits per heavy atom. The predicted molar refractivity (Wildman–Crippen MR) is 200 cm³/mol. The number of fused-ring (bicyclic) bond motifs is 1. The van der Waals surface area contributed by atoms with Gasteiger partial charge in [0.2, 0.25) is 0 Å². The Morgan fingerprint density at radius 3 is 2.23 bits per heavy atom. The van der Waals surface area contributed by atoms with Crippen molar-refractivity contribution < 1.29 is 73.5 Å². The first kappa shape index (κ1) is 46.2. The lowest BCUT2D eigenvalue weighted by molar-refractivity contribution is -0.432. The van der Waals surface area contributed by atoms with E-state index in [1.54, 1.807) is 0 Å². The molecule has 0 fully saturated rings. The molecular weight excluding hydrogens is 867 g/mol. The first-order chi connectivity index (χ1) is 26.4. The third kappa shape index (κ3) is 12.4. The van der Waals surface area contributed by atoms with Crippen molar-refractivity contribution in [1.82, 2.24) is 5.01 Å². The van der Waals surface area contributed by atoms with Crippen LogP contribution in [0.1, 0.15) is 0 Å². The number of rotatable bonds is 17. The van der Waals surface area contributed by atoms with Crippen molar-refractivity contribution in [1.29, 1.82) is 0 Å². The van der Waals surface area contributed by atoms with Crippen LogP contribution in [0.15, 0.2) is 99.9 Å². The summed E-state index contributed by atoms with van der Waals surface area (Å²) >= 11 is 1.23. The molecule has 24 nitrogen and oxygen atoms in total. The van der Waals surface area contributed by atoms with Gasteiger partial charge in [-0.3, -0.25) is 19.0 Å². The number of aromatic hydroxyl groups is 1. The largest absolute Gasteiger partial charge is 0.505 e. The highest BCUT2D eigenvalue weighted by Crippen LogP contribution is 2.49. The second kappa shape index (κ2) is 19.8. The second-order valence-corrected chi connectivity index (χ2v) is 16.5. The highest BCUT2D eigenvalue weighted by molar-refractivity contribution is 8.04. The molecule has 4 aromatic rings. The van der Waals surface area contributed by atoms with Crippen LogP contribution in [-0.2, 0) is 48.9 Å². The summed E-state index contributed by atoms with van der Waals surface area (Å²) in [6, 6.07) is 11.6. The molecule has 8 N–H and O–H groups in total. The van der Waals surface area contributed by atoms with Gasteiger partial charge in [0.25, 0.3) is 10.1 Å². The first-order valence-corrected chi connectivity index (χ1v) is 20.5. The van der Waals surface area contributed by atoms with E-state index in [-0.39, 0.29) is 61.1 Å². The SMILES string of the molecule is COc1ccc(S(=O)(=O)CCN(C)N=O)cc1N=Nc1c(S(=O)(=O)O)cc2cc(SOOO)c(N=Nc3ccc(SC#COOS(=O)(=O)O)cc3)c(N)c2c1O.O. The maximum atomic E-state index is 12.9. The maximum absolute atomic E-state index is 12.9. The molecule has 4 rings (SSSR count). The maximum Gasteiger partial charge on any atom is 0.433 e. The second-order valence-electron chi connectivity index (χ2n) is 10.4. The topological polar surface area (TPSA) is 369 Å². The molecule has 0 aliphatic rings. The fourth-order valence-corrected chi connectivity index (χ4v) is 7.38. The van der Waals surface area contributed by atoms with Gasteiger partial charge in [0.1, 0.15) is 27.7 Å². The van der Waals surface area contributed by atoms with E-state index in [0.29, 0.717) is 16.9 Å². The molecule has 0 saturated heterocycles. The van der Waals surface area contributed by atoms with Gasteiger partial charge >= 0.3 is 10.4 Å². The molecule has 0 atom stereocenters. The molecule has 4 aromatic carbocycles. The van der Waals surface area contributed by atoms with E-state index in [1.807, 2.05) is 6.11 Å². The number of hydrogen-bond donors (Lipinski definition) is 5. The van der Waals surface area contributed by atoms with Crippen LogP contribution < -0.4 is 10.5 Å². The fourth-order valence-electron chi connectivity index (χ4n) is 4.32. The monoisotopic (exact) mass is 893 g/mol. The Bertz CT molecular complexity index is 2580. The highest BCUT2D eigenvalue weighted by atomic mass is 32.3. The van der Waals surface area contributed by atoms with Crippen LogP contribution in [0.25, 0.3) is 10.8 Å². The molecule has 0 heterocycles. The molecule has 0 aliphatic heterocycles. The van der Waals surface area contributed by atoms with Crippen LogP contribution in [0.3, 0.4) is 0 Å². The summed E-state index contributed by atoms with van der Waals surface area (Å²) in [6.45, 7) is -0.237. The molecule has 0 aliphatic carbocycles. The summed E-state index contributed by atoms with van der Waals surface area (Å²) in [5, 5.41) is 45.3. The molecule has 0 spiro atoms. The van der Waals surface area contributed by atoms with Crippen molar-refractivity contribution in [2.75, 3.05) is 32.2 Å². The van der Waals surface area contributed by atoms with Crippen LogP contribution in [0.5, 0.6) is 11.5 Å². The van der Waals surface area contributed by atoms with Crippen molar-refractivity contribution in [2.24, 2.45) is 25.7 Å². The highest BCUT2D eigenvalue weighted by Gasteiger charge is 2.26. The lowest BCUT2D eigenvalue weighted by Crippen LogP contribution is -2.21. The van der Waals surface area contributed by atoms with Gasteiger partial charge in [-0.05, 0) is 76.1 Å². The van der Waals surface area contributed by atoms with Crippen molar-refractivity contribution in [3.05, 3.63) is 59.5 Å². The molecular formula is C28H27N7O17S5. The Hall–Kier alpha value is -5.23. The fraction of sp³-hybridized carbons (Fsp3) is 0.143. The number of methoxy groups -OCH3 is 1. The summed E-state index contributed by atoms with van der Waals surface area (Å²) in [4.78, 5) is 13.9. The van der Waals surface area contributed by atoms with Gasteiger partial charge in [-0.1, -0.05) is 5.04 Å². The molecule has 0 saturated carbocycles. The molecule has 57 heavy (non-hydrogen) atoms. The molecule has 29 heteroatoms. The number of sulfone groups is 1. The van der Waals surface area contributed by atoms with Crippen LogP contribution in [-0.4, -0.2) is 81.7 Å². The number of nitrogen functional groups attached to an aromatic ring is 1. The van der Waals surface area contributed by atoms with Gasteiger partial charge in [-0.15, -0.1) is 24.6 Å². The number of anilines is 1. The van der Waals surface area contributed by atoms with Gasteiger partial charge in [-0.2, -0.15) is 21.9 Å². The van der Waals surface area contributed by atoms with Gasteiger partial charge in [0.05, 0.1) is 63.3 Å². The average molecular weight is 894 g/mol. The van der Waals surface area contributed by atoms with Gasteiger partial charge in [0, 0.05) is 17.2 Å². The predicted octanol–water partition coefficient (Wildman–Crippen LogP) is 4.97. The van der Waals surface area contributed by atoms with Crippen LogP contribution in [0, 0.1) is 16.3 Å². The molecule has 0 radical (unpaired) electrons. The quantitative estimate of drug-likeness (QED) is 0.0107. The van der Waals surface area contributed by atoms with Crippen LogP contribution in [0.4, 0.5) is 28.4 Å². The molecule has 0 unspecified atom stereocenters. The summed E-state index contributed by atoms with van der Waals surface area (Å²) in [5.41, 5.74) is 5.02. The van der Waals surface area contributed by atoms with Crippen LogP contribution in [0.2, 0.25) is 0 Å². The molecule has 306 valence electrons. The summed E-state index contributed by atoms with van der Waals surface area (Å²) < 4.78 is 104. The van der Waals surface area contributed by atoms with E-state index in [4.69, 9.17) is 20.3 Å². The minimum absolute atomic E-state index is 0. The van der Waals surface area contributed by atoms with E-state index >= 15 is 0 Å². The standard InChI is InChI=1S/C28H25N7O16S5.H2O/c1-35(34-37)9-12-54(39,40)19-7-8-21(47-2)20(15-19)31-33-27-23(55(41,42)43)14-16-13-22(53-50-49-38)26(25(29)24(16)28(27)36)32-30-17-3-5-18(6-4-17)52-11-10-48-51-56(44,45)46;/h3-8,13-15,36,38H,9,12,29H2,1-2H3,(H,41,42,43)(H,44,45,46);1H2. The van der Waals surface area contributed by atoms with Gasteiger partial charge in [-0.25, -0.2) is 13.7 Å². The molecule has 0 amide bonds. The average Bonchev–Trinajstić information content (AvgIpc) is 3.14. The number of phenolic OH excluding ortho intramolecular Hbond substituents is 1. The number of phenols is 1. The Morgan fingerprint density at radius 2 is 1.61 bits per heavy atom. The van der Waals surface area contributed by atoms with Crippen molar-refractivity contribution in [2.45, 2.75) is 19.6 Å². The van der Waals surface area contributed by atoms with Crippen molar-refractivity contribution in [3.8, 4) is 22.9 Å². The Balaban J connectivity index is 0.00000870. The number of azo groups is 2. The van der Waals surface area contributed by atoms with Gasteiger partial charge < -0.3 is 21.1 Å². The number of thioether (sulfide) groups is 1. The van der Waals surface area contributed by atoms with E-state index in [2.05, 4.69) is 49.6 Å². The summed E-state index contributed by atoms with van der Waals surface area (Å²) in [6.07, 6.45) is 1.89. The van der Waals surface area contributed by atoms with E-state index in [1.165, 1.54) is 56.6 Å². The normalized spacial score (nSPS) is 11.9. The lowest BCUT2D eigenvalue weighted by Gasteiger charge is -2.14. The zero-order valence-corrected chi connectivity index (χ0v) is 32.7. The van der Waals surface area contributed by atoms with Crippen molar-refractivity contribution in [3.63, 3.8) is 0 Å². The van der Waals surface area contributed by atoms with Gasteiger partial charge in [0.15, 0.2) is 21.7 Å². The molecule has 0 aromatic heterocycles. The number of nitroso groups, excluding NO2 is 1. The zero-order valence-electron chi connectivity index (χ0n) is 28.6. The molecule has 0 bridgehead atoms. The van der Waals surface area contributed by atoms with Crippen LogP contribution >= 0.6 is 23.8 Å². The number of hydrogen-bond acceptors (Lipinski definition) is 22. The lowest BCUT2D eigenvalue weighted by atomic mass is 10.1. The summed E-state index contributed by atoms with van der Waals surface area (Å²) in [7, 11) is -11.5. The third-order valence-corrected chi connectivity index (χ3v) is 10.9. The smallest absolute Gasteiger partial charge is 0.433 e. The van der Waals surface area contributed by atoms with Crippen molar-refractivity contribution >= 4 is 93.4 Å². The third-order valence-electron chi connectivity index (χ3n) is 6.81. The Labute approximate surface area is 330 Å². The zero-order chi connectivity index (χ0) is 41.3. The summed E-state index contributed by atoms with van der Waals surface area (Å²) in [5.74, 6) is -1.47. The first-order valence-electron chi connectivity index (χ1n) is 14.5. The minimum Gasteiger partial charge on any atom is -0.505 e. The Kier molecular flexibility index (Phi) is 16.0. The van der Waals surface area contributed by atoms with E-state index in [0.717, 1.165) is 28.9 Å². The van der Waals surface area contributed by atoms with E-state index in [9.17, 15) is 39.8 Å². The number of ether oxygens (including phenoxy) is 1. The minimum atomic E-state index is -5.16. The number of nitrogens with zero attached hydrogens (tertiary/aromatic N) is 6. The number of benzene rings is 4. The number of nitrogens with two attached hydrogens (primary N) is 1. The van der Waals surface area contributed by atoms with E-state index < -0.39 is 52.4 Å².